The van der Waals surface area contributed by atoms with Crippen molar-refractivity contribution in [2.45, 2.75) is 20.8 Å². The van der Waals surface area contributed by atoms with E-state index in [0.29, 0.717) is 0 Å². The number of para-hydroxylation sites is 1. The third-order valence-corrected chi connectivity index (χ3v) is 5.74. The topological polar surface area (TPSA) is 67.4 Å². The molecule has 0 fully saturated rings. The van der Waals surface area contributed by atoms with Gasteiger partial charge in [0.1, 0.15) is 17.2 Å². The van der Waals surface area contributed by atoms with Gasteiger partial charge in [-0.2, -0.15) is 9.61 Å². The van der Waals surface area contributed by atoms with Gasteiger partial charge in [0.15, 0.2) is 5.65 Å². The summed E-state index contributed by atoms with van der Waals surface area (Å²) in [5.41, 5.74) is 5.01. The molecule has 0 saturated carbocycles. The summed E-state index contributed by atoms with van der Waals surface area (Å²) in [5.74, 6) is 1.76. The summed E-state index contributed by atoms with van der Waals surface area (Å²) < 4.78 is 8.11. The van der Waals surface area contributed by atoms with Crippen LogP contribution < -0.4 is 10.6 Å². The first-order valence-corrected chi connectivity index (χ1v) is 12.5. The second-order valence-corrected chi connectivity index (χ2v) is 8.34. The van der Waals surface area contributed by atoms with Crippen molar-refractivity contribution in [3.05, 3.63) is 89.2 Å². The Hall–Kier alpha value is -3.42. The molecule has 5 aromatic rings. The van der Waals surface area contributed by atoms with Crippen molar-refractivity contribution in [3.8, 4) is 11.3 Å². The highest BCUT2D eigenvalue weighted by Gasteiger charge is 2.12. The van der Waals surface area contributed by atoms with Gasteiger partial charge in [0.25, 0.3) is 0 Å². The Morgan fingerprint density at radius 3 is 2.51 bits per heavy atom. The number of anilines is 1. The molecule has 0 bridgehead atoms. The summed E-state index contributed by atoms with van der Waals surface area (Å²) >= 11 is 3.52. The highest BCUT2D eigenvalue weighted by atomic mass is 79.9. The largest absolute Gasteiger partial charge is 0.457 e. The number of aryl methyl sites for hydroxylation is 1. The predicted molar refractivity (Wildman–Crippen MR) is 151 cm³/mol. The first kappa shape index (κ1) is 26.2. The fourth-order valence-corrected chi connectivity index (χ4v) is 3.83. The highest BCUT2D eigenvalue weighted by Crippen LogP contribution is 2.27. The van der Waals surface area contributed by atoms with E-state index in [2.05, 4.69) is 57.3 Å². The lowest BCUT2D eigenvalue weighted by atomic mass is 10.1. The molecule has 0 aliphatic rings. The van der Waals surface area contributed by atoms with Gasteiger partial charge in [-0.3, -0.25) is 0 Å². The molecule has 2 N–H and O–H groups in total. The zero-order valence-corrected chi connectivity index (χ0v) is 22.3. The first-order valence-electron chi connectivity index (χ1n) is 11.7. The lowest BCUT2D eigenvalue weighted by Crippen LogP contribution is -2.19. The van der Waals surface area contributed by atoms with Gasteiger partial charge in [0.2, 0.25) is 0 Å². The lowest BCUT2D eigenvalue weighted by Gasteiger charge is -2.11. The van der Waals surface area contributed by atoms with Crippen molar-refractivity contribution in [2.75, 3.05) is 25.5 Å². The average molecular weight is 535 g/mol. The third kappa shape index (κ3) is 6.38. The van der Waals surface area contributed by atoms with Crippen molar-refractivity contribution in [2.24, 2.45) is 0 Å². The number of benzene rings is 2. The molecule has 0 saturated heterocycles. The van der Waals surface area contributed by atoms with Crippen LogP contribution in [0.1, 0.15) is 25.2 Å². The van der Waals surface area contributed by atoms with E-state index in [1.807, 2.05) is 73.9 Å². The molecule has 0 atom stereocenters. The smallest absolute Gasteiger partial charge is 0.172 e. The standard InChI is InChI=1S/C16H18BrN5.C10H8O.C2H6/c1-11-5-3-4-6-12(11)14-9-15(19-8-7-18-2)22-16(21-14)13(17)10-20-22;1-2-9-7-8-5-3-4-6-10(8)11-9;1-2/h3-6,9-10,18-19H,7-8H2,1-2H3;2-7H,1H2;1-2H3. The Morgan fingerprint density at radius 2 is 1.80 bits per heavy atom. The maximum atomic E-state index is 5.40. The number of hydrogen-bond acceptors (Lipinski definition) is 5. The van der Waals surface area contributed by atoms with Crippen LogP contribution in [0.25, 0.3) is 33.9 Å². The average Bonchev–Trinajstić information content (AvgIpc) is 3.49. The molecule has 182 valence electrons. The van der Waals surface area contributed by atoms with E-state index in [1.165, 1.54) is 5.56 Å². The molecule has 0 spiro atoms. The van der Waals surface area contributed by atoms with E-state index in [-0.39, 0.29) is 0 Å². The Balaban J connectivity index is 0.000000220. The van der Waals surface area contributed by atoms with Crippen molar-refractivity contribution < 1.29 is 4.42 Å². The number of nitrogens with one attached hydrogen (secondary N) is 2. The molecular weight excluding hydrogens is 502 g/mol. The molecule has 0 aliphatic carbocycles. The molecule has 0 radical (unpaired) electrons. The van der Waals surface area contributed by atoms with Gasteiger partial charge in [-0.25, -0.2) is 4.98 Å². The first-order chi connectivity index (χ1) is 17.1. The van der Waals surface area contributed by atoms with Crippen LogP contribution in [0.4, 0.5) is 5.82 Å². The van der Waals surface area contributed by atoms with Gasteiger partial charge in [0, 0.05) is 30.1 Å². The molecule has 7 heteroatoms. The Morgan fingerprint density at radius 1 is 1.06 bits per heavy atom. The number of furan rings is 1. The van der Waals surface area contributed by atoms with Crippen molar-refractivity contribution in [3.63, 3.8) is 0 Å². The van der Waals surface area contributed by atoms with Crippen LogP contribution in [-0.4, -0.2) is 34.7 Å². The fourth-order valence-electron chi connectivity index (χ4n) is 3.48. The molecule has 5 rings (SSSR count). The van der Waals surface area contributed by atoms with E-state index in [1.54, 1.807) is 12.3 Å². The predicted octanol–water partition coefficient (Wildman–Crippen LogP) is 7.20. The SMILES string of the molecule is C=Cc1cc2ccccc2o1.CC.CNCCNc1cc(-c2ccccc2C)nc2c(Br)cnn12. The summed E-state index contributed by atoms with van der Waals surface area (Å²) in [4.78, 5) is 4.75. The van der Waals surface area contributed by atoms with E-state index in [9.17, 15) is 0 Å². The van der Waals surface area contributed by atoms with Crippen LogP contribution in [0.15, 0.2) is 82.3 Å². The van der Waals surface area contributed by atoms with E-state index in [0.717, 1.165) is 57.0 Å². The minimum atomic E-state index is 0.813. The van der Waals surface area contributed by atoms with Crippen LogP contribution in [0.5, 0.6) is 0 Å². The zero-order valence-electron chi connectivity index (χ0n) is 20.7. The van der Waals surface area contributed by atoms with Crippen LogP contribution in [0.3, 0.4) is 0 Å². The lowest BCUT2D eigenvalue weighted by molar-refractivity contribution is 0.604. The maximum absolute atomic E-state index is 5.40. The third-order valence-electron chi connectivity index (χ3n) is 5.18. The molecule has 2 aromatic carbocycles. The number of fused-ring (bicyclic) bond motifs is 2. The van der Waals surface area contributed by atoms with Crippen LogP contribution in [0, 0.1) is 6.92 Å². The normalized spacial score (nSPS) is 10.3. The number of nitrogens with zero attached hydrogens (tertiary/aromatic N) is 3. The van der Waals surface area contributed by atoms with Gasteiger partial charge in [-0.1, -0.05) is 62.9 Å². The Labute approximate surface area is 215 Å². The minimum absolute atomic E-state index is 0.813. The zero-order chi connectivity index (χ0) is 25.2. The second-order valence-electron chi connectivity index (χ2n) is 7.49. The second kappa shape index (κ2) is 12.9. The van der Waals surface area contributed by atoms with Gasteiger partial charge < -0.3 is 15.1 Å². The van der Waals surface area contributed by atoms with E-state index in [4.69, 9.17) is 9.40 Å². The number of rotatable bonds is 6. The maximum Gasteiger partial charge on any atom is 0.172 e. The molecule has 35 heavy (non-hydrogen) atoms. The Bertz CT molecular complexity index is 1360. The molecular formula is C28H32BrN5O. The summed E-state index contributed by atoms with van der Waals surface area (Å²) in [7, 11) is 1.94. The van der Waals surface area contributed by atoms with Gasteiger partial charge in [-0.05, 0) is 53.7 Å². The summed E-state index contributed by atoms with van der Waals surface area (Å²) in [6.07, 6.45) is 3.48. The summed E-state index contributed by atoms with van der Waals surface area (Å²) in [6.45, 7) is 11.4. The van der Waals surface area contributed by atoms with Gasteiger partial charge in [0.05, 0.1) is 16.4 Å². The molecule has 0 aliphatic heterocycles. The van der Waals surface area contributed by atoms with Crippen LogP contribution >= 0.6 is 15.9 Å². The summed E-state index contributed by atoms with van der Waals surface area (Å²) in [5, 5.41) is 12.0. The minimum Gasteiger partial charge on any atom is -0.457 e. The van der Waals surface area contributed by atoms with Crippen molar-refractivity contribution in [1.82, 2.24) is 19.9 Å². The van der Waals surface area contributed by atoms with Gasteiger partial charge >= 0.3 is 0 Å². The quantitative estimate of drug-likeness (QED) is 0.226. The van der Waals surface area contributed by atoms with Crippen molar-refractivity contribution >= 4 is 44.4 Å². The fraction of sp³-hybridized carbons (Fsp3) is 0.214. The summed E-state index contributed by atoms with van der Waals surface area (Å²) in [6, 6.07) is 20.2. The van der Waals surface area contributed by atoms with Crippen molar-refractivity contribution in [1.29, 1.82) is 0 Å². The molecule has 3 heterocycles. The molecule has 3 aromatic heterocycles. The van der Waals surface area contributed by atoms with E-state index < -0.39 is 0 Å². The van der Waals surface area contributed by atoms with Crippen LogP contribution in [-0.2, 0) is 0 Å². The van der Waals surface area contributed by atoms with E-state index >= 15 is 0 Å². The number of halogens is 1. The highest BCUT2D eigenvalue weighted by molar-refractivity contribution is 9.10. The molecule has 6 nitrogen and oxygen atoms in total. The monoisotopic (exact) mass is 533 g/mol. The number of likely N-dealkylation sites (N-methyl/N-ethyl adjacent to an activating group) is 1. The molecule has 0 amide bonds. The Kier molecular flexibility index (Phi) is 9.64. The molecule has 0 unspecified atom stereocenters. The van der Waals surface area contributed by atoms with Crippen LogP contribution in [0.2, 0.25) is 0 Å². The number of aromatic nitrogens is 3. The number of hydrogen-bond donors (Lipinski definition) is 2. The van der Waals surface area contributed by atoms with Gasteiger partial charge in [-0.15, -0.1) is 0 Å².